The van der Waals surface area contributed by atoms with E-state index < -0.39 is 0 Å². The topological polar surface area (TPSA) is 21.3 Å². The highest BCUT2D eigenvalue weighted by Crippen LogP contribution is 2.41. The lowest BCUT2D eigenvalue weighted by Gasteiger charge is -2.29. The van der Waals surface area contributed by atoms with Crippen LogP contribution in [0.25, 0.3) is 0 Å². The highest BCUT2D eigenvalue weighted by Gasteiger charge is 2.44. The molecule has 2 nitrogen and oxygen atoms in total. The average Bonchev–Trinajstić information content (AvgIpc) is 3.05. The van der Waals surface area contributed by atoms with E-state index in [1.807, 2.05) is 0 Å². The fourth-order valence-corrected chi connectivity index (χ4v) is 3.87. The van der Waals surface area contributed by atoms with Crippen molar-refractivity contribution in [3.8, 4) is 0 Å². The Morgan fingerprint density at radius 2 is 2.30 bits per heavy atom. The molecule has 4 atom stereocenters. The number of rotatable bonds is 5. The summed E-state index contributed by atoms with van der Waals surface area (Å²) < 4.78 is 19.4. The molecule has 2 aliphatic rings. The second-order valence-corrected chi connectivity index (χ2v) is 6.28. The molecule has 3 rings (SSSR count). The predicted molar refractivity (Wildman–Crippen MR) is 78.6 cm³/mol. The zero-order valence-corrected chi connectivity index (χ0v) is 12.5. The summed E-state index contributed by atoms with van der Waals surface area (Å²) in [4.78, 5) is 0. The second-order valence-electron chi connectivity index (χ2n) is 5.88. The number of fused-ring (bicyclic) bond motifs is 2. The number of hydrogen-bond acceptors (Lipinski definition) is 2. The van der Waals surface area contributed by atoms with E-state index in [9.17, 15) is 4.39 Å². The van der Waals surface area contributed by atoms with Crippen molar-refractivity contribution in [3.63, 3.8) is 0 Å². The van der Waals surface area contributed by atoms with Gasteiger partial charge in [0.25, 0.3) is 0 Å². The van der Waals surface area contributed by atoms with Gasteiger partial charge in [-0.25, -0.2) is 4.39 Å². The quantitative estimate of drug-likeness (QED) is 0.897. The van der Waals surface area contributed by atoms with Gasteiger partial charge in [-0.2, -0.15) is 0 Å². The zero-order chi connectivity index (χ0) is 14.1. The minimum atomic E-state index is -0.219. The molecule has 4 heteroatoms. The Hall–Kier alpha value is -0.640. The Bertz CT molecular complexity index is 482. The van der Waals surface area contributed by atoms with Crippen LogP contribution in [0.4, 0.5) is 4.39 Å². The normalized spacial score (nSPS) is 29.9. The van der Waals surface area contributed by atoms with Crippen molar-refractivity contribution in [2.75, 3.05) is 6.54 Å². The van der Waals surface area contributed by atoms with Gasteiger partial charge in [0.05, 0.1) is 12.2 Å². The van der Waals surface area contributed by atoms with Crippen LogP contribution in [0.2, 0.25) is 5.02 Å². The van der Waals surface area contributed by atoms with Crippen LogP contribution in [0.3, 0.4) is 0 Å². The van der Waals surface area contributed by atoms with Crippen molar-refractivity contribution in [1.82, 2.24) is 5.32 Å². The molecule has 2 saturated heterocycles. The summed E-state index contributed by atoms with van der Waals surface area (Å²) in [5.74, 6) is 0.303. The van der Waals surface area contributed by atoms with E-state index in [0.717, 1.165) is 31.4 Å². The number of likely N-dealkylation sites (N-methyl/N-ethyl adjacent to an activating group) is 1. The SMILES string of the molecule is CCNC(Cc1cc(F)ccc1Cl)C1CC2CCC1O2. The van der Waals surface area contributed by atoms with Crippen LogP contribution in [-0.2, 0) is 11.2 Å². The van der Waals surface area contributed by atoms with Gasteiger partial charge < -0.3 is 10.1 Å². The maximum atomic E-state index is 13.4. The van der Waals surface area contributed by atoms with Crippen LogP contribution < -0.4 is 5.32 Å². The van der Waals surface area contributed by atoms with Crippen LogP contribution in [0.1, 0.15) is 31.7 Å². The molecule has 0 aromatic heterocycles. The Balaban J connectivity index is 1.75. The number of halogens is 2. The van der Waals surface area contributed by atoms with Crippen molar-refractivity contribution >= 4 is 11.6 Å². The van der Waals surface area contributed by atoms with Crippen LogP contribution in [0.15, 0.2) is 18.2 Å². The van der Waals surface area contributed by atoms with Crippen LogP contribution in [-0.4, -0.2) is 24.8 Å². The lowest BCUT2D eigenvalue weighted by atomic mass is 9.81. The summed E-state index contributed by atoms with van der Waals surface area (Å²) in [5, 5.41) is 4.19. The molecule has 2 bridgehead atoms. The first kappa shape index (κ1) is 14.3. The molecule has 1 N–H and O–H groups in total. The van der Waals surface area contributed by atoms with E-state index >= 15 is 0 Å². The molecule has 0 aliphatic carbocycles. The molecule has 2 aliphatic heterocycles. The van der Waals surface area contributed by atoms with Crippen molar-refractivity contribution in [2.24, 2.45) is 5.92 Å². The van der Waals surface area contributed by atoms with Crippen LogP contribution >= 0.6 is 11.6 Å². The minimum Gasteiger partial charge on any atom is -0.375 e. The number of nitrogens with one attached hydrogen (secondary N) is 1. The van der Waals surface area contributed by atoms with Crippen LogP contribution in [0, 0.1) is 11.7 Å². The van der Waals surface area contributed by atoms with E-state index in [1.54, 1.807) is 12.1 Å². The van der Waals surface area contributed by atoms with Gasteiger partial charge in [-0.15, -0.1) is 0 Å². The summed E-state index contributed by atoms with van der Waals surface area (Å²) in [6.07, 6.45) is 5.05. The summed E-state index contributed by atoms with van der Waals surface area (Å²) in [5.41, 5.74) is 0.889. The molecule has 0 amide bonds. The highest BCUT2D eigenvalue weighted by atomic mass is 35.5. The third kappa shape index (κ3) is 2.85. The molecule has 0 spiro atoms. The third-order valence-corrected chi connectivity index (χ3v) is 4.95. The summed E-state index contributed by atoms with van der Waals surface area (Å²) in [6, 6.07) is 4.93. The van der Waals surface area contributed by atoms with E-state index in [1.165, 1.54) is 12.5 Å². The molecule has 1 aromatic rings. The molecular formula is C16H21ClFNO. The van der Waals surface area contributed by atoms with Gasteiger partial charge in [0.15, 0.2) is 0 Å². The molecule has 110 valence electrons. The van der Waals surface area contributed by atoms with Gasteiger partial charge >= 0.3 is 0 Å². The first-order valence-electron chi connectivity index (χ1n) is 7.50. The Morgan fingerprint density at radius 3 is 2.95 bits per heavy atom. The van der Waals surface area contributed by atoms with E-state index in [4.69, 9.17) is 16.3 Å². The summed E-state index contributed by atoms with van der Waals surface area (Å²) in [7, 11) is 0. The van der Waals surface area contributed by atoms with Gasteiger partial charge in [0.1, 0.15) is 5.82 Å². The molecule has 2 fully saturated rings. The standard InChI is InChI=1S/C16H21ClFNO/c1-2-19-15(13-9-12-4-6-16(13)20-12)8-10-7-11(18)3-5-14(10)17/h3,5,7,12-13,15-16,19H,2,4,6,8-9H2,1H3. The molecule has 0 saturated carbocycles. The van der Waals surface area contributed by atoms with Gasteiger partial charge in [-0.1, -0.05) is 18.5 Å². The molecule has 0 radical (unpaired) electrons. The Morgan fingerprint density at radius 1 is 1.45 bits per heavy atom. The highest BCUT2D eigenvalue weighted by molar-refractivity contribution is 6.31. The second kappa shape index (κ2) is 6.00. The van der Waals surface area contributed by atoms with Crippen molar-refractivity contribution < 1.29 is 9.13 Å². The lowest BCUT2D eigenvalue weighted by molar-refractivity contribution is 0.0858. The molecule has 20 heavy (non-hydrogen) atoms. The Kier molecular flexibility index (Phi) is 4.29. The minimum absolute atomic E-state index is 0.219. The maximum absolute atomic E-state index is 13.4. The fraction of sp³-hybridized carbons (Fsp3) is 0.625. The maximum Gasteiger partial charge on any atom is 0.123 e. The van der Waals surface area contributed by atoms with Gasteiger partial charge in [-0.3, -0.25) is 0 Å². The van der Waals surface area contributed by atoms with Gasteiger partial charge in [0, 0.05) is 17.0 Å². The number of benzene rings is 1. The van der Waals surface area contributed by atoms with Gasteiger partial charge in [-0.05, 0) is 56.0 Å². The first-order valence-corrected chi connectivity index (χ1v) is 7.88. The fourth-order valence-electron chi connectivity index (χ4n) is 3.67. The van der Waals surface area contributed by atoms with E-state index in [2.05, 4.69) is 12.2 Å². The first-order chi connectivity index (χ1) is 9.67. The van der Waals surface area contributed by atoms with E-state index in [-0.39, 0.29) is 5.82 Å². The number of hydrogen-bond donors (Lipinski definition) is 1. The monoisotopic (exact) mass is 297 g/mol. The molecule has 4 unspecified atom stereocenters. The van der Waals surface area contributed by atoms with Crippen LogP contribution in [0.5, 0.6) is 0 Å². The summed E-state index contributed by atoms with van der Waals surface area (Å²) in [6.45, 7) is 3.01. The molecule has 1 aromatic carbocycles. The largest absolute Gasteiger partial charge is 0.375 e. The van der Waals surface area contributed by atoms with Gasteiger partial charge in [0.2, 0.25) is 0 Å². The smallest absolute Gasteiger partial charge is 0.123 e. The molecule has 2 heterocycles. The lowest BCUT2D eigenvalue weighted by Crippen LogP contribution is -2.42. The van der Waals surface area contributed by atoms with Crippen molar-refractivity contribution in [1.29, 1.82) is 0 Å². The van der Waals surface area contributed by atoms with Crippen molar-refractivity contribution in [3.05, 3.63) is 34.6 Å². The van der Waals surface area contributed by atoms with E-state index in [0.29, 0.717) is 29.2 Å². The number of ether oxygens (including phenoxy) is 1. The molecular weight excluding hydrogens is 277 g/mol. The predicted octanol–water partition coefficient (Wildman–Crippen LogP) is 3.57. The Labute approximate surface area is 124 Å². The zero-order valence-electron chi connectivity index (χ0n) is 11.7. The van der Waals surface area contributed by atoms with Crippen molar-refractivity contribution in [2.45, 2.75) is 50.9 Å². The average molecular weight is 298 g/mol. The third-order valence-electron chi connectivity index (χ3n) is 4.58. The summed E-state index contributed by atoms with van der Waals surface area (Å²) >= 11 is 6.20.